The van der Waals surface area contributed by atoms with Crippen molar-refractivity contribution in [3.8, 4) is 5.75 Å². The van der Waals surface area contributed by atoms with E-state index in [9.17, 15) is 4.79 Å². The van der Waals surface area contributed by atoms with Crippen LogP contribution in [0.3, 0.4) is 0 Å². The van der Waals surface area contributed by atoms with E-state index in [-0.39, 0.29) is 30.3 Å². The Hall–Kier alpha value is -1.26. The molecule has 0 bridgehead atoms. The summed E-state index contributed by atoms with van der Waals surface area (Å²) in [4.78, 5) is 11.9. The second kappa shape index (κ2) is 8.82. The van der Waals surface area contributed by atoms with Crippen LogP contribution in [0.4, 0.5) is 5.69 Å². The highest BCUT2D eigenvalue weighted by atomic mass is 35.5. The number of nitrogens with two attached hydrogens (primary N) is 1. The number of hydrogen-bond donors (Lipinski definition) is 2. The molecule has 114 valence electrons. The summed E-state index contributed by atoms with van der Waals surface area (Å²) in [5.74, 6) is 0.563. The van der Waals surface area contributed by atoms with Gasteiger partial charge in [0.25, 0.3) is 0 Å². The zero-order valence-electron chi connectivity index (χ0n) is 12.6. The van der Waals surface area contributed by atoms with Crippen LogP contribution in [0, 0.1) is 12.8 Å². The first kappa shape index (κ1) is 18.7. The molecule has 4 nitrogen and oxygen atoms in total. The molecular formula is C15H25ClN2O2. The molecule has 2 atom stereocenters. The fourth-order valence-electron chi connectivity index (χ4n) is 1.57. The standard InChI is InChI=1S/C15H24N2O2.ClH/c1-5-8-19-13-6-7-14(10(2)9-13)17-15(18)11(3)12(4)16;/h6-7,9,11-12H,5,8,16H2,1-4H3,(H,17,18);1H. The topological polar surface area (TPSA) is 64.3 Å². The Morgan fingerprint density at radius 3 is 2.55 bits per heavy atom. The van der Waals surface area contributed by atoms with E-state index < -0.39 is 0 Å². The zero-order chi connectivity index (χ0) is 14.4. The lowest BCUT2D eigenvalue weighted by Crippen LogP contribution is -2.34. The molecule has 0 radical (unpaired) electrons. The molecule has 1 rings (SSSR count). The number of anilines is 1. The zero-order valence-corrected chi connectivity index (χ0v) is 13.4. The van der Waals surface area contributed by atoms with Gasteiger partial charge in [-0.1, -0.05) is 13.8 Å². The minimum Gasteiger partial charge on any atom is -0.494 e. The molecule has 0 aliphatic rings. The van der Waals surface area contributed by atoms with Gasteiger partial charge in [-0.05, 0) is 44.0 Å². The Balaban J connectivity index is 0.00000361. The molecule has 1 aromatic rings. The van der Waals surface area contributed by atoms with Crippen molar-refractivity contribution >= 4 is 24.0 Å². The van der Waals surface area contributed by atoms with Crippen LogP contribution < -0.4 is 15.8 Å². The maximum Gasteiger partial charge on any atom is 0.228 e. The second-order valence-electron chi connectivity index (χ2n) is 4.96. The molecule has 5 heteroatoms. The van der Waals surface area contributed by atoms with Crippen molar-refractivity contribution in [1.29, 1.82) is 0 Å². The number of aryl methyl sites for hydroxylation is 1. The number of halogens is 1. The smallest absolute Gasteiger partial charge is 0.228 e. The van der Waals surface area contributed by atoms with Crippen LogP contribution in [0.25, 0.3) is 0 Å². The maximum absolute atomic E-state index is 11.9. The molecule has 0 aliphatic carbocycles. The molecule has 0 spiro atoms. The first-order valence-corrected chi connectivity index (χ1v) is 6.75. The van der Waals surface area contributed by atoms with Gasteiger partial charge >= 0.3 is 0 Å². The summed E-state index contributed by atoms with van der Waals surface area (Å²) in [5.41, 5.74) is 7.52. The summed E-state index contributed by atoms with van der Waals surface area (Å²) < 4.78 is 5.55. The molecule has 20 heavy (non-hydrogen) atoms. The van der Waals surface area contributed by atoms with Crippen molar-refractivity contribution in [3.63, 3.8) is 0 Å². The van der Waals surface area contributed by atoms with Crippen LogP contribution in [0.15, 0.2) is 18.2 Å². The Bertz CT molecular complexity index is 436. The molecule has 0 saturated carbocycles. The first-order chi connectivity index (χ1) is 8.95. The number of nitrogens with one attached hydrogen (secondary N) is 1. The first-order valence-electron chi connectivity index (χ1n) is 6.75. The molecule has 1 aromatic carbocycles. The number of carbonyl (C=O) groups excluding carboxylic acids is 1. The number of carbonyl (C=O) groups is 1. The SMILES string of the molecule is CCCOc1ccc(NC(=O)C(C)C(C)N)c(C)c1.Cl. The summed E-state index contributed by atoms with van der Waals surface area (Å²) in [6, 6.07) is 5.51. The van der Waals surface area contributed by atoms with Crippen molar-refractivity contribution in [2.45, 2.75) is 40.2 Å². The van der Waals surface area contributed by atoms with Crippen LogP contribution in [-0.2, 0) is 4.79 Å². The van der Waals surface area contributed by atoms with Gasteiger partial charge in [0, 0.05) is 11.7 Å². The van der Waals surface area contributed by atoms with Gasteiger partial charge in [0.15, 0.2) is 0 Å². The number of benzene rings is 1. The fraction of sp³-hybridized carbons (Fsp3) is 0.533. The molecule has 0 aliphatic heterocycles. The van der Waals surface area contributed by atoms with Crippen LogP contribution in [0.5, 0.6) is 5.75 Å². The fourth-order valence-corrected chi connectivity index (χ4v) is 1.57. The summed E-state index contributed by atoms with van der Waals surface area (Å²) in [6.45, 7) is 8.38. The molecule has 0 saturated heterocycles. The molecule has 3 N–H and O–H groups in total. The predicted octanol–water partition coefficient (Wildman–Crippen LogP) is 3.13. The van der Waals surface area contributed by atoms with Gasteiger partial charge in [0.1, 0.15) is 5.75 Å². The summed E-state index contributed by atoms with van der Waals surface area (Å²) >= 11 is 0. The van der Waals surface area contributed by atoms with E-state index >= 15 is 0 Å². The van der Waals surface area contributed by atoms with Crippen LogP contribution in [-0.4, -0.2) is 18.6 Å². The maximum atomic E-state index is 11.9. The quantitative estimate of drug-likeness (QED) is 0.848. The second-order valence-corrected chi connectivity index (χ2v) is 4.96. The Morgan fingerprint density at radius 2 is 2.05 bits per heavy atom. The van der Waals surface area contributed by atoms with Gasteiger partial charge in [0.05, 0.1) is 12.5 Å². The van der Waals surface area contributed by atoms with E-state index in [0.717, 1.165) is 23.4 Å². The lowest BCUT2D eigenvalue weighted by molar-refractivity contribution is -0.119. The molecule has 0 fully saturated rings. The number of hydrogen-bond acceptors (Lipinski definition) is 3. The van der Waals surface area contributed by atoms with Crippen LogP contribution >= 0.6 is 12.4 Å². The van der Waals surface area contributed by atoms with Crippen LogP contribution in [0.2, 0.25) is 0 Å². The van der Waals surface area contributed by atoms with E-state index in [1.807, 2.05) is 39.0 Å². The molecule has 2 unspecified atom stereocenters. The predicted molar refractivity (Wildman–Crippen MR) is 85.7 cm³/mol. The van der Waals surface area contributed by atoms with E-state index in [2.05, 4.69) is 12.2 Å². The third-order valence-corrected chi connectivity index (χ3v) is 3.13. The van der Waals surface area contributed by atoms with Crippen molar-refractivity contribution in [1.82, 2.24) is 0 Å². The van der Waals surface area contributed by atoms with Crippen molar-refractivity contribution < 1.29 is 9.53 Å². The normalized spacial score (nSPS) is 13.1. The number of amides is 1. The highest BCUT2D eigenvalue weighted by molar-refractivity contribution is 5.93. The Morgan fingerprint density at radius 1 is 1.40 bits per heavy atom. The van der Waals surface area contributed by atoms with E-state index in [4.69, 9.17) is 10.5 Å². The van der Waals surface area contributed by atoms with Gasteiger partial charge < -0.3 is 15.8 Å². The van der Waals surface area contributed by atoms with E-state index in [0.29, 0.717) is 6.61 Å². The van der Waals surface area contributed by atoms with Gasteiger partial charge in [0.2, 0.25) is 5.91 Å². The lowest BCUT2D eigenvalue weighted by Gasteiger charge is -2.17. The third kappa shape index (κ3) is 5.39. The van der Waals surface area contributed by atoms with E-state index in [1.165, 1.54) is 0 Å². The van der Waals surface area contributed by atoms with Gasteiger partial charge in [-0.15, -0.1) is 12.4 Å². The van der Waals surface area contributed by atoms with Gasteiger partial charge in [-0.3, -0.25) is 4.79 Å². The highest BCUT2D eigenvalue weighted by Crippen LogP contribution is 2.22. The van der Waals surface area contributed by atoms with Crippen molar-refractivity contribution in [2.75, 3.05) is 11.9 Å². The minimum atomic E-state index is -0.213. The van der Waals surface area contributed by atoms with E-state index in [1.54, 1.807) is 0 Å². The molecule has 0 aromatic heterocycles. The summed E-state index contributed by atoms with van der Waals surface area (Å²) in [7, 11) is 0. The van der Waals surface area contributed by atoms with Crippen molar-refractivity contribution in [2.24, 2.45) is 11.7 Å². The van der Waals surface area contributed by atoms with Gasteiger partial charge in [-0.2, -0.15) is 0 Å². The summed E-state index contributed by atoms with van der Waals surface area (Å²) in [5, 5.41) is 2.90. The molecular weight excluding hydrogens is 276 g/mol. The molecule has 0 heterocycles. The Kier molecular flexibility index (Phi) is 8.26. The largest absolute Gasteiger partial charge is 0.494 e. The highest BCUT2D eigenvalue weighted by Gasteiger charge is 2.17. The lowest BCUT2D eigenvalue weighted by atomic mass is 10.0. The number of ether oxygens (including phenoxy) is 1. The Labute approximate surface area is 127 Å². The average molecular weight is 301 g/mol. The third-order valence-electron chi connectivity index (χ3n) is 3.13. The summed E-state index contributed by atoms with van der Waals surface area (Å²) in [6.07, 6.45) is 0.976. The average Bonchev–Trinajstić information content (AvgIpc) is 2.37. The molecule has 1 amide bonds. The monoisotopic (exact) mass is 300 g/mol. The van der Waals surface area contributed by atoms with Crippen molar-refractivity contribution in [3.05, 3.63) is 23.8 Å². The van der Waals surface area contributed by atoms with Gasteiger partial charge in [-0.25, -0.2) is 0 Å². The number of rotatable bonds is 6. The minimum absolute atomic E-state index is 0. The van der Waals surface area contributed by atoms with Crippen LogP contribution in [0.1, 0.15) is 32.8 Å².